The molecule has 0 fully saturated rings. The molecule has 37 heavy (non-hydrogen) atoms. The van der Waals surface area contributed by atoms with Crippen LogP contribution in [0.15, 0.2) is 71.3 Å². The summed E-state index contributed by atoms with van der Waals surface area (Å²) in [6.07, 6.45) is 1.41. The first-order valence-corrected chi connectivity index (χ1v) is 11.7. The maximum atomic E-state index is 13.8. The van der Waals surface area contributed by atoms with E-state index in [2.05, 4.69) is 9.69 Å². The van der Waals surface area contributed by atoms with Gasteiger partial charge in [0.1, 0.15) is 28.3 Å². The van der Waals surface area contributed by atoms with Crippen LogP contribution in [0.3, 0.4) is 0 Å². The molecule has 5 N–H and O–H groups in total. The van der Waals surface area contributed by atoms with Crippen LogP contribution < -0.4 is 16.8 Å². The van der Waals surface area contributed by atoms with Crippen LogP contribution in [-0.4, -0.2) is 27.0 Å². The lowest BCUT2D eigenvalue weighted by Gasteiger charge is -2.30. The number of halogens is 2. The Balaban J connectivity index is 1.74. The molecule has 0 aliphatic heterocycles. The molecular weight excluding hydrogens is 504 g/mol. The first kappa shape index (κ1) is 25.5. The van der Waals surface area contributed by atoms with Crippen molar-refractivity contribution < 1.29 is 27.6 Å². The zero-order valence-corrected chi connectivity index (χ0v) is 20.0. The molecule has 0 aliphatic carbocycles. The summed E-state index contributed by atoms with van der Waals surface area (Å²) in [6.45, 7) is -0.130. The van der Waals surface area contributed by atoms with Gasteiger partial charge in [-0.05, 0) is 59.1 Å². The third-order valence-corrected chi connectivity index (χ3v) is 6.30. The van der Waals surface area contributed by atoms with Gasteiger partial charge in [0.25, 0.3) is 11.8 Å². The average molecular weight is 526 g/mol. The number of furan rings is 1. The van der Waals surface area contributed by atoms with Gasteiger partial charge in [-0.15, -0.1) is 0 Å². The van der Waals surface area contributed by atoms with Crippen LogP contribution in [0.2, 0.25) is 0 Å². The van der Waals surface area contributed by atoms with E-state index < -0.39 is 35.4 Å². The largest absolute Gasteiger partial charge is 0.467 e. The smallest absolute Gasteiger partial charge is 0.270 e. The number of nitrogens with two attached hydrogens (primary N) is 2. The number of carbonyl (C=O) groups is 3. The van der Waals surface area contributed by atoms with E-state index >= 15 is 0 Å². The zero-order valence-electron chi connectivity index (χ0n) is 19.2. The van der Waals surface area contributed by atoms with Gasteiger partial charge in [0.05, 0.1) is 18.5 Å². The lowest BCUT2D eigenvalue weighted by atomic mass is 10.0. The molecule has 0 saturated carbocycles. The van der Waals surface area contributed by atoms with E-state index in [1.54, 1.807) is 12.1 Å². The lowest BCUT2D eigenvalue weighted by Crippen LogP contribution is -2.43. The third kappa shape index (κ3) is 5.81. The highest BCUT2D eigenvalue weighted by Gasteiger charge is 2.35. The lowest BCUT2D eigenvalue weighted by molar-refractivity contribution is -0.126. The van der Waals surface area contributed by atoms with Gasteiger partial charge in [-0.25, -0.2) is 8.78 Å². The van der Waals surface area contributed by atoms with Crippen molar-refractivity contribution >= 4 is 34.9 Å². The van der Waals surface area contributed by atoms with Crippen molar-refractivity contribution in [3.8, 4) is 0 Å². The number of amides is 3. The van der Waals surface area contributed by atoms with Gasteiger partial charge in [0.15, 0.2) is 5.69 Å². The van der Waals surface area contributed by atoms with Gasteiger partial charge in [0.2, 0.25) is 5.91 Å². The predicted molar refractivity (Wildman–Crippen MR) is 131 cm³/mol. The molecule has 1 atom stereocenters. The Kier molecular flexibility index (Phi) is 7.58. The summed E-state index contributed by atoms with van der Waals surface area (Å²) >= 11 is 0.667. The maximum Gasteiger partial charge on any atom is 0.270 e. The molecule has 0 spiro atoms. The highest BCUT2D eigenvalue weighted by Crippen LogP contribution is 2.30. The molecule has 4 aromatic rings. The van der Waals surface area contributed by atoms with Crippen LogP contribution >= 0.6 is 11.5 Å². The number of hydrogen-bond acceptors (Lipinski definition) is 7. The minimum absolute atomic E-state index is 0.0358. The van der Waals surface area contributed by atoms with E-state index in [1.165, 1.54) is 47.6 Å². The van der Waals surface area contributed by atoms with Crippen LogP contribution in [0.1, 0.15) is 43.1 Å². The average Bonchev–Trinajstić information content (AvgIpc) is 3.53. The Morgan fingerprint density at radius 1 is 1.03 bits per heavy atom. The van der Waals surface area contributed by atoms with E-state index in [9.17, 15) is 23.2 Å². The van der Waals surface area contributed by atoms with Crippen LogP contribution in [0.25, 0.3) is 0 Å². The molecular formula is C25H21F2N5O4S. The predicted octanol–water partition coefficient (Wildman–Crippen LogP) is 3.40. The van der Waals surface area contributed by atoms with Crippen molar-refractivity contribution in [2.24, 2.45) is 5.73 Å². The van der Waals surface area contributed by atoms with Crippen molar-refractivity contribution in [1.82, 2.24) is 14.6 Å². The SMILES string of the molecule is NC(=O)c1nsc(C(=O)N(Cc2ccco2)[C@H](C(=O)NCc2ccc(F)cc2)c2ccc(F)cc2)c1N. The number of nitrogens with zero attached hydrogens (tertiary/aromatic N) is 2. The van der Waals surface area contributed by atoms with Crippen molar-refractivity contribution in [1.29, 1.82) is 0 Å². The molecule has 12 heteroatoms. The number of hydrogen-bond donors (Lipinski definition) is 3. The van der Waals surface area contributed by atoms with E-state index in [0.717, 1.165) is 12.1 Å². The third-order valence-electron chi connectivity index (χ3n) is 5.45. The van der Waals surface area contributed by atoms with Crippen molar-refractivity contribution in [3.05, 3.63) is 106 Å². The normalized spacial score (nSPS) is 11.6. The molecule has 3 amide bonds. The Hall–Kier alpha value is -4.58. The maximum absolute atomic E-state index is 13.8. The van der Waals surface area contributed by atoms with Gasteiger partial charge >= 0.3 is 0 Å². The van der Waals surface area contributed by atoms with Gasteiger partial charge in [-0.1, -0.05) is 24.3 Å². The van der Waals surface area contributed by atoms with E-state index in [-0.39, 0.29) is 29.3 Å². The quantitative estimate of drug-likeness (QED) is 0.306. The van der Waals surface area contributed by atoms with Gasteiger partial charge in [0, 0.05) is 6.54 Å². The number of rotatable bonds is 9. The van der Waals surface area contributed by atoms with Gasteiger partial charge in [-0.2, -0.15) is 4.37 Å². The molecule has 2 aromatic heterocycles. The summed E-state index contributed by atoms with van der Waals surface area (Å²) < 4.78 is 36.3. The summed E-state index contributed by atoms with van der Waals surface area (Å²) in [5.74, 6) is -2.83. The fraction of sp³-hybridized carbons (Fsp3) is 0.120. The summed E-state index contributed by atoms with van der Waals surface area (Å²) in [5, 5.41) is 2.74. The second-order valence-corrected chi connectivity index (χ2v) is 8.72. The van der Waals surface area contributed by atoms with E-state index in [1.807, 2.05) is 0 Å². The molecule has 2 heterocycles. The van der Waals surface area contributed by atoms with Crippen molar-refractivity contribution in [2.75, 3.05) is 5.73 Å². The number of nitrogens with one attached hydrogen (secondary N) is 1. The Bertz CT molecular complexity index is 1410. The van der Waals surface area contributed by atoms with E-state index in [0.29, 0.717) is 28.4 Å². The standard InChI is InChI=1S/C25H21F2N5O4S/c26-16-7-3-14(4-8-16)12-30-24(34)21(15-5-9-17(27)10-6-15)32(13-18-2-1-11-36-18)25(35)22-19(28)20(23(29)33)31-37-22/h1-11,21H,12-13,28H2,(H2,29,33)(H,30,34)/t21-/m0/s1. The van der Waals surface area contributed by atoms with E-state index in [4.69, 9.17) is 15.9 Å². The monoisotopic (exact) mass is 525 g/mol. The second kappa shape index (κ2) is 11.0. The summed E-state index contributed by atoms with van der Waals surface area (Å²) in [7, 11) is 0. The molecule has 0 aliphatic rings. The topological polar surface area (TPSA) is 145 Å². The molecule has 0 unspecified atom stereocenters. The first-order chi connectivity index (χ1) is 17.7. The molecule has 0 bridgehead atoms. The minimum atomic E-state index is -1.27. The van der Waals surface area contributed by atoms with Crippen molar-refractivity contribution in [3.63, 3.8) is 0 Å². The summed E-state index contributed by atoms with van der Waals surface area (Å²) in [6, 6.07) is 12.6. The Morgan fingerprint density at radius 3 is 2.24 bits per heavy atom. The number of primary amides is 1. The van der Waals surface area contributed by atoms with Gasteiger partial charge < -0.3 is 26.1 Å². The Morgan fingerprint density at radius 2 is 1.68 bits per heavy atom. The first-order valence-electron chi connectivity index (χ1n) is 10.9. The van der Waals surface area contributed by atoms with Crippen molar-refractivity contribution in [2.45, 2.75) is 19.1 Å². The summed E-state index contributed by atoms with van der Waals surface area (Å²) in [4.78, 5) is 40.0. The zero-order chi connectivity index (χ0) is 26.5. The molecule has 9 nitrogen and oxygen atoms in total. The molecule has 0 radical (unpaired) electrons. The van der Waals surface area contributed by atoms with Crippen LogP contribution in [0, 0.1) is 11.6 Å². The number of benzene rings is 2. The number of carbonyl (C=O) groups excluding carboxylic acids is 3. The van der Waals surface area contributed by atoms with Gasteiger partial charge in [-0.3, -0.25) is 14.4 Å². The van der Waals surface area contributed by atoms with Crippen LogP contribution in [0.4, 0.5) is 14.5 Å². The second-order valence-electron chi connectivity index (χ2n) is 7.95. The molecule has 4 rings (SSSR count). The molecule has 0 saturated heterocycles. The minimum Gasteiger partial charge on any atom is -0.467 e. The highest BCUT2D eigenvalue weighted by atomic mass is 32.1. The molecule has 190 valence electrons. The number of nitrogen functional groups attached to an aromatic ring is 1. The van der Waals surface area contributed by atoms with Crippen LogP contribution in [0.5, 0.6) is 0 Å². The Labute approximate surface area is 213 Å². The summed E-state index contributed by atoms with van der Waals surface area (Å²) in [5.41, 5.74) is 11.7. The fourth-order valence-electron chi connectivity index (χ4n) is 3.62. The highest BCUT2D eigenvalue weighted by molar-refractivity contribution is 7.09. The number of aromatic nitrogens is 1. The fourth-order valence-corrected chi connectivity index (χ4v) is 4.38. The van der Waals surface area contributed by atoms with Crippen LogP contribution in [-0.2, 0) is 17.9 Å². The molecule has 2 aromatic carbocycles. The number of anilines is 1.